The molecule has 1 aliphatic heterocycles. The lowest BCUT2D eigenvalue weighted by atomic mass is 9.87. The van der Waals surface area contributed by atoms with Gasteiger partial charge in [-0.2, -0.15) is 0 Å². The lowest BCUT2D eigenvalue weighted by Gasteiger charge is -2.26. The maximum Gasteiger partial charge on any atom is 0.264 e. The number of carbonyl (C=O) groups excluding carboxylic acids is 2. The summed E-state index contributed by atoms with van der Waals surface area (Å²) >= 11 is 1.60. The molecule has 5 nitrogen and oxygen atoms in total. The Hall–Kier alpha value is -1.40. The second-order valence-electron chi connectivity index (χ2n) is 6.57. The van der Waals surface area contributed by atoms with Gasteiger partial charge in [0.1, 0.15) is 0 Å². The van der Waals surface area contributed by atoms with E-state index in [-0.39, 0.29) is 23.8 Å². The molecular formula is C17H24N2O3S. The molecule has 2 heterocycles. The first-order valence-electron chi connectivity index (χ1n) is 8.33. The van der Waals surface area contributed by atoms with E-state index in [1.807, 2.05) is 24.8 Å². The molecule has 1 saturated heterocycles. The van der Waals surface area contributed by atoms with Gasteiger partial charge in [-0.25, -0.2) is 0 Å². The number of hydrogen-bond donors (Lipinski definition) is 1. The van der Waals surface area contributed by atoms with Crippen LogP contribution in [0, 0.1) is 5.92 Å². The zero-order valence-electron chi connectivity index (χ0n) is 13.8. The van der Waals surface area contributed by atoms with Gasteiger partial charge in [-0.1, -0.05) is 0 Å². The van der Waals surface area contributed by atoms with Gasteiger partial charge in [0.25, 0.3) is 5.91 Å². The highest BCUT2D eigenvalue weighted by Gasteiger charge is 2.29. The van der Waals surface area contributed by atoms with E-state index < -0.39 is 0 Å². The Morgan fingerprint density at radius 2 is 2.09 bits per heavy atom. The van der Waals surface area contributed by atoms with Crippen LogP contribution in [0.15, 0.2) is 6.07 Å². The number of aryl methyl sites for hydroxylation is 1. The van der Waals surface area contributed by atoms with Gasteiger partial charge in [0.15, 0.2) is 0 Å². The van der Waals surface area contributed by atoms with Crippen LogP contribution in [0.25, 0.3) is 0 Å². The molecule has 1 atom stereocenters. The minimum absolute atomic E-state index is 0.0332. The molecule has 0 bridgehead atoms. The fourth-order valence-electron chi connectivity index (χ4n) is 3.18. The molecule has 3 rings (SSSR count). The SMILES string of the molecule is CC(C)NC(=O)[C@H]1CCc2sc(C(=O)N3CCOCC3)cc2C1. The van der Waals surface area contributed by atoms with Crippen LogP contribution in [0.4, 0.5) is 0 Å². The summed E-state index contributed by atoms with van der Waals surface area (Å²) in [5.41, 5.74) is 1.18. The number of nitrogens with zero attached hydrogens (tertiary/aromatic N) is 1. The minimum atomic E-state index is 0.0332. The Bertz CT molecular complexity index is 591. The molecule has 6 heteroatoms. The summed E-state index contributed by atoms with van der Waals surface area (Å²) in [6, 6.07) is 2.18. The molecule has 1 fully saturated rings. The van der Waals surface area contributed by atoms with Crippen LogP contribution in [0.2, 0.25) is 0 Å². The van der Waals surface area contributed by atoms with Crippen LogP contribution in [0.1, 0.15) is 40.4 Å². The van der Waals surface area contributed by atoms with Crippen molar-refractivity contribution in [1.29, 1.82) is 0 Å². The monoisotopic (exact) mass is 336 g/mol. The number of morpholine rings is 1. The van der Waals surface area contributed by atoms with Gasteiger partial charge in [-0.05, 0) is 44.7 Å². The average molecular weight is 336 g/mol. The predicted octanol–water partition coefficient (Wildman–Crippen LogP) is 1.85. The number of nitrogens with one attached hydrogen (secondary N) is 1. The summed E-state index contributed by atoms with van der Waals surface area (Å²) in [6.07, 6.45) is 2.52. The van der Waals surface area contributed by atoms with E-state index in [4.69, 9.17) is 4.74 Å². The van der Waals surface area contributed by atoms with E-state index in [1.165, 1.54) is 10.4 Å². The molecule has 2 aliphatic rings. The van der Waals surface area contributed by atoms with E-state index in [9.17, 15) is 9.59 Å². The Morgan fingerprint density at radius 3 is 2.78 bits per heavy atom. The van der Waals surface area contributed by atoms with E-state index in [0.29, 0.717) is 26.3 Å². The standard InChI is InChI=1S/C17H24N2O3S/c1-11(2)18-16(20)12-3-4-14-13(9-12)10-15(23-14)17(21)19-5-7-22-8-6-19/h10-12H,3-9H2,1-2H3,(H,18,20)/t12-/m0/s1. The minimum Gasteiger partial charge on any atom is -0.378 e. The zero-order valence-corrected chi connectivity index (χ0v) is 14.6. The van der Waals surface area contributed by atoms with E-state index in [1.54, 1.807) is 11.3 Å². The molecule has 126 valence electrons. The number of hydrogen-bond acceptors (Lipinski definition) is 4. The van der Waals surface area contributed by atoms with Crippen molar-refractivity contribution in [3.8, 4) is 0 Å². The molecule has 1 aromatic heterocycles. The third-order valence-corrected chi connectivity index (χ3v) is 5.62. The highest BCUT2D eigenvalue weighted by Crippen LogP contribution is 2.33. The Labute approximate surface area is 141 Å². The van der Waals surface area contributed by atoms with Crippen LogP contribution in [-0.2, 0) is 22.4 Å². The Kier molecular flexibility index (Phi) is 5.02. The van der Waals surface area contributed by atoms with Gasteiger partial charge in [0, 0.05) is 29.9 Å². The van der Waals surface area contributed by atoms with E-state index in [0.717, 1.165) is 24.1 Å². The molecular weight excluding hydrogens is 312 g/mol. The van der Waals surface area contributed by atoms with Crippen LogP contribution in [0.3, 0.4) is 0 Å². The third kappa shape index (κ3) is 3.75. The summed E-state index contributed by atoms with van der Waals surface area (Å²) in [7, 11) is 0. The largest absolute Gasteiger partial charge is 0.378 e. The second kappa shape index (κ2) is 7.01. The Morgan fingerprint density at radius 1 is 1.35 bits per heavy atom. The predicted molar refractivity (Wildman–Crippen MR) is 89.8 cm³/mol. The number of carbonyl (C=O) groups is 2. The Balaban J connectivity index is 1.68. The molecule has 0 saturated carbocycles. The van der Waals surface area contributed by atoms with Crippen molar-refractivity contribution in [3.05, 3.63) is 21.4 Å². The maximum atomic E-state index is 12.6. The summed E-state index contributed by atoms with van der Waals surface area (Å²) in [4.78, 5) is 28.7. The van der Waals surface area contributed by atoms with E-state index in [2.05, 4.69) is 5.32 Å². The molecule has 2 amide bonds. The van der Waals surface area contributed by atoms with Crippen molar-refractivity contribution < 1.29 is 14.3 Å². The molecule has 0 radical (unpaired) electrons. The molecule has 1 aliphatic carbocycles. The van der Waals surface area contributed by atoms with Crippen molar-refractivity contribution in [2.75, 3.05) is 26.3 Å². The summed E-state index contributed by atoms with van der Waals surface area (Å²) in [5.74, 6) is 0.277. The summed E-state index contributed by atoms with van der Waals surface area (Å²) < 4.78 is 5.30. The fourth-order valence-corrected chi connectivity index (χ4v) is 4.35. The molecule has 1 N–H and O–H groups in total. The van der Waals surface area contributed by atoms with Crippen LogP contribution in [-0.4, -0.2) is 49.1 Å². The van der Waals surface area contributed by atoms with Gasteiger partial charge in [0.05, 0.1) is 18.1 Å². The normalized spacial score (nSPS) is 21.2. The molecule has 0 aromatic carbocycles. The number of amides is 2. The van der Waals surface area contributed by atoms with E-state index >= 15 is 0 Å². The van der Waals surface area contributed by atoms with Crippen molar-refractivity contribution in [2.45, 2.75) is 39.2 Å². The number of ether oxygens (including phenoxy) is 1. The van der Waals surface area contributed by atoms with Crippen molar-refractivity contribution in [3.63, 3.8) is 0 Å². The quantitative estimate of drug-likeness (QED) is 0.916. The summed E-state index contributed by atoms with van der Waals surface area (Å²) in [6.45, 7) is 6.54. The lowest BCUT2D eigenvalue weighted by molar-refractivity contribution is -0.125. The van der Waals surface area contributed by atoms with Crippen molar-refractivity contribution in [2.24, 2.45) is 5.92 Å². The molecule has 0 spiro atoms. The summed E-state index contributed by atoms with van der Waals surface area (Å²) in [5, 5.41) is 3.00. The maximum absolute atomic E-state index is 12.6. The molecule has 1 aromatic rings. The first-order chi connectivity index (χ1) is 11.0. The molecule has 23 heavy (non-hydrogen) atoms. The van der Waals surface area contributed by atoms with Gasteiger partial charge < -0.3 is 15.0 Å². The third-order valence-electron chi connectivity index (χ3n) is 4.39. The highest BCUT2D eigenvalue weighted by atomic mass is 32.1. The van der Waals surface area contributed by atoms with Gasteiger partial charge in [0.2, 0.25) is 5.91 Å². The first-order valence-corrected chi connectivity index (χ1v) is 9.15. The van der Waals surface area contributed by atoms with Crippen LogP contribution < -0.4 is 5.32 Å². The number of thiophene rings is 1. The van der Waals surface area contributed by atoms with Gasteiger partial charge in [-0.3, -0.25) is 9.59 Å². The highest BCUT2D eigenvalue weighted by molar-refractivity contribution is 7.14. The van der Waals surface area contributed by atoms with Crippen molar-refractivity contribution in [1.82, 2.24) is 10.2 Å². The average Bonchev–Trinajstić information content (AvgIpc) is 2.97. The number of rotatable bonds is 3. The fraction of sp³-hybridized carbons (Fsp3) is 0.647. The molecule has 0 unspecified atom stereocenters. The zero-order chi connectivity index (χ0) is 16.4. The van der Waals surface area contributed by atoms with Crippen molar-refractivity contribution >= 4 is 23.2 Å². The topological polar surface area (TPSA) is 58.6 Å². The van der Waals surface area contributed by atoms with Gasteiger partial charge in [-0.15, -0.1) is 11.3 Å². The van der Waals surface area contributed by atoms with Crippen LogP contribution in [0.5, 0.6) is 0 Å². The van der Waals surface area contributed by atoms with Gasteiger partial charge >= 0.3 is 0 Å². The van der Waals surface area contributed by atoms with Crippen LogP contribution >= 0.6 is 11.3 Å². The lowest BCUT2D eigenvalue weighted by Crippen LogP contribution is -2.40. The second-order valence-corrected chi connectivity index (χ2v) is 7.70. The number of fused-ring (bicyclic) bond motifs is 1. The smallest absolute Gasteiger partial charge is 0.264 e. The first kappa shape index (κ1) is 16.5.